The molecule has 0 fully saturated rings. The second kappa shape index (κ2) is 10.3. The van der Waals surface area contributed by atoms with Gasteiger partial charge < -0.3 is 9.84 Å². The summed E-state index contributed by atoms with van der Waals surface area (Å²) in [6.45, 7) is 0.480. The fraction of sp³-hybridized carbons (Fsp3) is 0.115. The molecule has 1 amide bonds. The molecule has 4 rings (SSSR count). The molecule has 7 nitrogen and oxygen atoms in total. The Morgan fingerprint density at radius 2 is 1.76 bits per heavy atom. The second-order valence-electron chi connectivity index (χ2n) is 7.38. The topological polar surface area (TPSA) is 93.4 Å². The maximum absolute atomic E-state index is 12.4. The number of aromatic amines is 1. The van der Waals surface area contributed by atoms with E-state index in [4.69, 9.17) is 4.74 Å². The molecule has 0 saturated carbocycles. The van der Waals surface area contributed by atoms with E-state index >= 15 is 0 Å². The summed E-state index contributed by atoms with van der Waals surface area (Å²) in [6, 6.07) is 24.8. The first kappa shape index (κ1) is 21.8. The van der Waals surface area contributed by atoms with E-state index in [1.54, 1.807) is 12.1 Å². The molecular formula is C26H24N4O3. The van der Waals surface area contributed by atoms with Gasteiger partial charge in [0.05, 0.1) is 26.3 Å². The Hall–Kier alpha value is -4.39. The van der Waals surface area contributed by atoms with E-state index in [1.165, 1.54) is 19.4 Å². The van der Waals surface area contributed by atoms with E-state index in [0.717, 1.165) is 22.5 Å². The normalized spacial score (nSPS) is 10.9. The molecule has 7 heteroatoms. The van der Waals surface area contributed by atoms with Crippen LogP contribution in [0.5, 0.6) is 11.5 Å². The maximum atomic E-state index is 12.4. The van der Waals surface area contributed by atoms with E-state index in [1.807, 2.05) is 47.3 Å². The first-order chi connectivity index (χ1) is 16.2. The van der Waals surface area contributed by atoms with Gasteiger partial charge >= 0.3 is 0 Å². The summed E-state index contributed by atoms with van der Waals surface area (Å²) in [5.41, 5.74) is 7.34. The van der Waals surface area contributed by atoms with Gasteiger partial charge in [0.25, 0.3) is 0 Å². The van der Waals surface area contributed by atoms with Gasteiger partial charge in [-0.25, -0.2) is 15.0 Å². The number of carbonyl (C=O) groups excluding carboxylic acids is 1. The summed E-state index contributed by atoms with van der Waals surface area (Å²) >= 11 is 0. The molecule has 0 atom stereocenters. The maximum Gasteiger partial charge on any atom is 0.244 e. The fourth-order valence-electron chi connectivity index (χ4n) is 3.55. The minimum absolute atomic E-state index is 0.202. The monoisotopic (exact) mass is 440 g/mol. The summed E-state index contributed by atoms with van der Waals surface area (Å²) in [7, 11) is 1.44. The predicted octanol–water partition coefficient (Wildman–Crippen LogP) is 3.26. The van der Waals surface area contributed by atoms with Crippen LogP contribution >= 0.6 is 0 Å². The Labute approximate surface area is 192 Å². The number of H-pyrrole nitrogens is 1. The van der Waals surface area contributed by atoms with Crippen molar-refractivity contribution in [3.63, 3.8) is 0 Å². The SMILES string of the molecule is COc1cc(/C=N/NC(=O)CC[n+]2c[nH]c(-c3ccccc3)c2-c2ccccc2)ccc1[O-]. The average Bonchev–Trinajstić information content (AvgIpc) is 3.29. The highest BCUT2D eigenvalue weighted by molar-refractivity contribution is 5.83. The number of imidazole rings is 1. The molecule has 0 aliphatic heterocycles. The zero-order valence-corrected chi connectivity index (χ0v) is 18.2. The molecular weight excluding hydrogens is 416 g/mol. The molecule has 0 radical (unpaired) electrons. The molecule has 4 aromatic rings. The zero-order valence-electron chi connectivity index (χ0n) is 18.2. The molecule has 0 spiro atoms. The number of rotatable bonds is 8. The number of nitrogens with zero attached hydrogens (tertiary/aromatic N) is 2. The van der Waals surface area contributed by atoms with E-state index in [-0.39, 0.29) is 23.8 Å². The van der Waals surface area contributed by atoms with E-state index in [0.29, 0.717) is 12.1 Å². The Balaban J connectivity index is 1.46. The van der Waals surface area contributed by atoms with Gasteiger partial charge in [0.1, 0.15) is 5.75 Å². The van der Waals surface area contributed by atoms with Crippen molar-refractivity contribution >= 4 is 12.1 Å². The lowest BCUT2D eigenvalue weighted by atomic mass is 10.0. The standard InChI is InChI=1S/C26H24N4O3/c1-33-23-16-19(12-13-22(23)31)17-28-29-24(32)14-15-30-18-27-25(20-8-4-2-5-9-20)26(30)21-10-6-3-7-11-21/h2-13,16-18H,14-15H2,1H3,(H2,28,29,31,32). The lowest BCUT2D eigenvalue weighted by Gasteiger charge is -2.11. The Kier molecular flexibility index (Phi) is 6.80. The summed E-state index contributed by atoms with van der Waals surface area (Å²) < 4.78 is 7.06. The van der Waals surface area contributed by atoms with Crippen molar-refractivity contribution in [1.82, 2.24) is 10.4 Å². The van der Waals surface area contributed by atoms with E-state index in [9.17, 15) is 9.90 Å². The minimum Gasteiger partial charge on any atom is -0.870 e. The number of carbonyl (C=O) groups is 1. The number of hydrazone groups is 1. The fourth-order valence-corrected chi connectivity index (χ4v) is 3.55. The Morgan fingerprint density at radius 3 is 2.45 bits per heavy atom. The number of aromatic nitrogens is 2. The van der Waals surface area contributed by atoms with Gasteiger partial charge in [0, 0.05) is 11.1 Å². The van der Waals surface area contributed by atoms with Gasteiger partial charge in [0.2, 0.25) is 12.2 Å². The lowest BCUT2D eigenvalue weighted by Crippen LogP contribution is -2.36. The number of benzene rings is 3. The van der Waals surface area contributed by atoms with Gasteiger partial charge in [-0.05, 0) is 11.6 Å². The van der Waals surface area contributed by atoms with Crippen LogP contribution in [0.15, 0.2) is 90.3 Å². The number of aryl methyl sites for hydroxylation is 1. The summed E-state index contributed by atoms with van der Waals surface area (Å²) in [6.07, 6.45) is 3.61. The average molecular weight is 441 g/mol. The van der Waals surface area contributed by atoms with Crippen LogP contribution < -0.4 is 19.8 Å². The third-order valence-corrected chi connectivity index (χ3v) is 5.17. The Morgan fingerprint density at radius 1 is 1.06 bits per heavy atom. The molecule has 166 valence electrons. The summed E-state index contributed by atoms with van der Waals surface area (Å²) in [5.74, 6) is -0.185. The van der Waals surface area contributed by atoms with Crippen LogP contribution in [-0.4, -0.2) is 24.2 Å². The third kappa shape index (κ3) is 5.27. The number of hydrogen-bond donors (Lipinski definition) is 2. The highest BCUT2D eigenvalue weighted by Crippen LogP contribution is 2.27. The van der Waals surface area contributed by atoms with Gasteiger partial charge in [-0.15, -0.1) is 0 Å². The first-order valence-corrected chi connectivity index (χ1v) is 10.5. The molecule has 0 saturated heterocycles. The van der Waals surface area contributed by atoms with Crippen LogP contribution in [0.3, 0.4) is 0 Å². The van der Waals surface area contributed by atoms with Crippen LogP contribution in [0.4, 0.5) is 0 Å². The molecule has 0 aliphatic rings. The summed E-state index contributed by atoms with van der Waals surface area (Å²) in [5, 5.41) is 15.6. The zero-order chi connectivity index (χ0) is 23.0. The molecule has 33 heavy (non-hydrogen) atoms. The Bertz CT molecular complexity index is 1250. The summed E-state index contributed by atoms with van der Waals surface area (Å²) in [4.78, 5) is 15.7. The number of amides is 1. The number of hydrogen-bond acceptors (Lipinski definition) is 4. The number of methoxy groups -OCH3 is 1. The molecule has 0 aliphatic carbocycles. The van der Waals surface area contributed by atoms with Gasteiger partial charge in [0.15, 0.2) is 11.4 Å². The minimum atomic E-state index is -0.215. The van der Waals surface area contributed by atoms with Crippen molar-refractivity contribution in [2.24, 2.45) is 5.10 Å². The number of nitrogens with one attached hydrogen (secondary N) is 2. The lowest BCUT2D eigenvalue weighted by molar-refractivity contribution is -0.683. The molecule has 1 heterocycles. The molecule has 3 aromatic carbocycles. The van der Waals surface area contributed by atoms with Crippen molar-refractivity contribution in [3.05, 3.63) is 90.8 Å². The largest absolute Gasteiger partial charge is 0.870 e. The van der Waals surface area contributed by atoms with Gasteiger partial charge in [-0.3, -0.25) is 4.79 Å². The molecule has 1 aromatic heterocycles. The van der Waals surface area contributed by atoms with E-state index in [2.05, 4.69) is 39.8 Å². The van der Waals surface area contributed by atoms with E-state index < -0.39 is 0 Å². The second-order valence-corrected chi connectivity index (χ2v) is 7.38. The van der Waals surface area contributed by atoms with Crippen molar-refractivity contribution in [3.8, 4) is 34.0 Å². The van der Waals surface area contributed by atoms with Crippen molar-refractivity contribution < 1.29 is 19.2 Å². The van der Waals surface area contributed by atoms with Gasteiger partial charge in [-0.1, -0.05) is 78.5 Å². The van der Waals surface area contributed by atoms with Gasteiger partial charge in [-0.2, -0.15) is 5.10 Å². The molecule has 0 bridgehead atoms. The van der Waals surface area contributed by atoms with Crippen molar-refractivity contribution in [1.29, 1.82) is 0 Å². The highest BCUT2D eigenvalue weighted by atomic mass is 16.5. The number of ether oxygens (including phenoxy) is 1. The smallest absolute Gasteiger partial charge is 0.244 e. The van der Waals surface area contributed by atoms with Crippen LogP contribution in [0.2, 0.25) is 0 Å². The third-order valence-electron chi connectivity index (χ3n) is 5.17. The van der Waals surface area contributed by atoms with Crippen molar-refractivity contribution in [2.45, 2.75) is 13.0 Å². The molecule has 0 unspecified atom stereocenters. The molecule has 2 N–H and O–H groups in total. The van der Waals surface area contributed by atoms with Crippen molar-refractivity contribution in [2.75, 3.05) is 7.11 Å². The predicted molar refractivity (Wildman–Crippen MR) is 125 cm³/mol. The van der Waals surface area contributed by atoms with Crippen LogP contribution in [0, 0.1) is 0 Å². The highest BCUT2D eigenvalue weighted by Gasteiger charge is 2.21. The quantitative estimate of drug-likeness (QED) is 0.250. The first-order valence-electron chi connectivity index (χ1n) is 10.5. The van der Waals surface area contributed by atoms with Crippen LogP contribution in [0.25, 0.3) is 22.5 Å². The van der Waals surface area contributed by atoms with Crippen LogP contribution in [0.1, 0.15) is 12.0 Å². The van der Waals surface area contributed by atoms with Crippen LogP contribution in [-0.2, 0) is 11.3 Å².